The molecule has 8 nitrogen and oxygen atoms in total. The van der Waals surface area contributed by atoms with Crippen LogP contribution in [0.5, 0.6) is 0 Å². The fourth-order valence-corrected chi connectivity index (χ4v) is 6.05. The van der Waals surface area contributed by atoms with Gasteiger partial charge in [0.1, 0.15) is 11.9 Å². The van der Waals surface area contributed by atoms with E-state index in [0.29, 0.717) is 42.6 Å². The highest BCUT2D eigenvalue weighted by atomic mass is 32.2. The Morgan fingerprint density at radius 3 is 2.43 bits per heavy atom. The minimum absolute atomic E-state index is 0.0945. The number of aliphatic imine (C=N–C) groups is 2. The lowest BCUT2D eigenvalue weighted by molar-refractivity contribution is -0.122. The molecule has 2 heterocycles. The summed E-state index contributed by atoms with van der Waals surface area (Å²) in [6.07, 6.45) is 1.79. The molecule has 3 aromatic rings. The number of hydrogen-bond acceptors (Lipinski definition) is 6. The van der Waals surface area contributed by atoms with E-state index < -0.39 is 11.3 Å². The van der Waals surface area contributed by atoms with E-state index in [9.17, 15) is 14.4 Å². The van der Waals surface area contributed by atoms with Gasteiger partial charge in [-0.05, 0) is 49.4 Å². The Bertz CT molecular complexity index is 1500. The second kappa shape index (κ2) is 13.6. The van der Waals surface area contributed by atoms with Crippen LogP contribution >= 0.6 is 11.8 Å². The van der Waals surface area contributed by atoms with Gasteiger partial charge in [-0.2, -0.15) is 4.99 Å². The summed E-state index contributed by atoms with van der Waals surface area (Å²) in [7, 11) is 0. The molecule has 0 aliphatic carbocycles. The fourth-order valence-electron chi connectivity index (χ4n) is 4.96. The van der Waals surface area contributed by atoms with Gasteiger partial charge >= 0.3 is 0 Å². The summed E-state index contributed by atoms with van der Waals surface area (Å²) < 4.78 is 0. The summed E-state index contributed by atoms with van der Waals surface area (Å²) >= 11 is 1.33. The molecule has 2 atom stereocenters. The van der Waals surface area contributed by atoms with Crippen molar-refractivity contribution >= 4 is 46.2 Å². The van der Waals surface area contributed by atoms with Crippen molar-refractivity contribution < 1.29 is 14.4 Å². The van der Waals surface area contributed by atoms with Gasteiger partial charge in [0.05, 0.1) is 10.9 Å². The number of para-hydroxylation sites is 1. The van der Waals surface area contributed by atoms with Crippen molar-refractivity contribution in [2.75, 3.05) is 6.54 Å². The summed E-state index contributed by atoms with van der Waals surface area (Å²) in [5.74, 6) is 0.0158. The zero-order valence-corrected chi connectivity index (χ0v) is 24.7. The van der Waals surface area contributed by atoms with Crippen LogP contribution in [0.4, 0.5) is 5.69 Å². The number of rotatable bonds is 11. The van der Waals surface area contributed by atoms with Gasteiger partial charge in [-0.1, -0.05) is 91.0 Å². The standard InChI is InChI=1S/C33H35N5O3S/c1-3-28(32(41)35-21-24-15-13-22(2)14-16-24)42-33-36-26-12-8-7-11-25(26)30-37-31(40)27(38(30)33)17-18-29(39)34-20-19-23-9-5-4-6-10-23/h4-16,27-28H,3,17-21H2,1-2H3,(H,34,39)(H,35,41). The molecule has 2 N–H and O–H groups in total. The average Bonchev–Trinajstić information content (AvgIpc) is 3.35. The van der Waals surface area contributed by atoms with Crippen molar-refractivity contribution in [3.05, 3.63) is 101 Å². The molecule has 0 fully saturated rings. The van der Waals surface area contributed by atoms with Crippen molar-refractivity contribution in [2.45, 2.75) is 57.4 Å². The molecule has 216 valence electrons. The molecule has 5 rings (SSSR count). The number of carbonyl (C=O) groups excluding carboxylic acids is 3. The third-order valence-corrected chi connectivity index (χ3v) is 8.66. The molecule has 0 aromatic heterocycles. The van der Waals surface area contributed by atoms with Crippen LogP contribution in [0.3, 0.4) is 0 Å². The van der Waals surface area contributed by atoms with E-state index in [1.807, 2.05) is 97.6 Å². The first-order valence-electron chi connectivity index (χ1n) is 14.3. The maximum atomic E-state index is 13.2. The van der Waals surface area contributed by atoms with Gasteiger partial charge in [-0.15, -0.1) is 0 Å². The Morgan fingerprint density at radius 2 is 1.67 bits per heavy atom. The lowest BCUT2D eigenvalue weighted by Gasteiger charge is -2.32. The highest BCUT2D eigenvalue weighted by Crippen LogP contribution is 2.36. The number of hydrogen-bond donors (Lipinski definition) is 2. The minimum atomic E-state index is -0.660. The van der Waals surface area contributed by atoms with Crippen molar-refractivity contribution in [3.8, 4) is 0 Å². The third kappa shape index (κ3) is 6.97. The summed E-state index contributed by atoms with van der Waals surface area (Å²) in [5, 5.41) is 6.14. The van der Waals surface area contributed by atoms with Crippen molar-refractivity contribution in [3.63, 3.8) is 0 Å². The molecule has 0 spiro atoms. The molecule has 0 saturated carbocycles. The molecule has 9 heteroatoms. The number of amides is 3. The SMILES string of the molecule is CCC(SC1=Nc2ccccc2C2=NC(=O)C(CCC(=O)NCCc3ccccc3)N12)C(=O)NCc1ccc(C)cc1. The van der Waals surface area contributed by atoms with E-state index in [0.717, 1.165) is 23.1 Å². The largest absolute Gasteiger partial charge is 0.356 e. The van der Waals surface area contributed by atoms with E-state index >= 15 is 0 Å². The Morgan fingerprint density at radius 1 is 0.929 bits per heavy atom. The number of benzene rings is 3. The predicted octanol–water partition coefficient (Wildman–Crippen LogP) is 4.92. The predicted molar refractivity (Wildman–Crippen MR) is 168 cm³/mol. The van der Waals surface area contributed by atoms with Gasteiger partial charge in [-0.3, -0.25) is 19.3 Å². The number of carbonyl (C=O) groups is 3. The van der Waals surface area contributed by atoms with Gasteiger partial charge < -0.3 is 10.6 Å². The van der Waals surface area contributed by atoms with E-state index in [2.05, 4.69) is 15.6 Å². The molecule has 0 bridgehead atoms. The molecule has 3 amide bonds. The highest BCUT2D eigenvalue weighted by molar-refractivity contribution is 8.15. The number of nitrogens with zero attached hydrogens (tertiary/aromatic N) is 3. The molecule has 2 aliphatic rings. The number of nitrogens with one attached hydrogen (secondary N) is 2. The van der Waals surface area contributed by atoms with E-state index in [1.54, 1.807) is 0 Å². The topological polar surface area (TPSA) is 103 Å². The van der Waals surface area contributed by atoms with Gasteiger partial charge in [-0.25, -0.2) is 4.99 Å². The van der Waals surface area contributed by atoms with E-state index in [4.69, 9.17) is 4.99 Å². The quantitative estimate of drug-likeness (QED) is 0.335. The molecule has 3 aromatic carbocycles. The number of fused-ring (bicyclic) bond motifs is 3. The Labute approximate surface area is 250 Å². The summed E-state index contributed by atoms with van der Waals surface area (Å²) in [5.41, 5.74) is 4.82. The van der Waals surface area contributed by atoms with Crippen molar-refractivity contribution in [1.29, 1.82) is 0 Å². The molecule has 0 radical (unpaired) electrons. The van der Waals surface area contributed by atoms with Crippen molar-refractivity contribution in [2.24, 2.45) is 9.98 Å². The first-order valence-corrected chi connectivity index (χ1v) is 15.2. The lowest BCUT2D eigenvalue weighted by atomic mass is 10.1. The van der Waals surface area contributed by atoms with Crippen LogP contribution in [0.1, 0.15) is 48.4 Å². The van der Waals surface area contributed by atoms with Crippen LogP contribution in [0.25, 0.3) is 0 Å². The van der Waals surface area contributed by atoms with Crippen LogP contribution in [0.2, 0.25) is 0 Å². The molecule has 0 saturated heterocycles. The summed E-state index contributed by atoms with van der Waals surface area (Å²) in [6, 6.07) is 24.9. The highest BCUT2D eigenvalue weighted by Gasteiger charge is 2.42. The number of thioether (sulfide) groups is 1. The Hall–Kier alpha value is -4.24. The average molecular weight is 582 g/mol. The van der Waals surface area contributed by atoms with E-state index in [-0.39, 0.29) is 24.1 Å². The zero-order chi connectivity index (χ0) is 29.5. The lowest BCUT2D eigenvalue weighted by Crippen LogP contribution is -2.45. The second-order valence-electron chi connectivity index (χ2n) is 10.4. The number of amidine groups is 2. The maximum Gasteiger partial charge on any atom is 0.270 e. The maximum absolute atomic E-state index is 13.2. The molecular formula is C33H35N5O3S. The Kier molecular flexibility index (Phi) is 9.48. The fraction of sp³-hybridized carbons (Fsp3) is 0.303. The molecule has 42 heavy (non-hydrogen) atoms. The zero-order valence-electron chi connectivity index (χ0n) is 23.9. The molecular weight excluding hydrogens is 546 g/mol. The van der Waals surface area contributed by atoms with Crippen LogP contribution in [-0.2, 0) is 27.3 Å². The van der Waals surface area contributed by atoms with E-state index in [1.165, 1.54) is 17.3 Å². The van der Waals surface area contributed by atoms with Gasteiger partial charge in [0.25, 0.3) is 5.91 Å². The monoisotopic (exact) mass is 581 g/mol. The normalized spacial score (nSPS) is 16.2. The summed E-state index contributed by atoms with van der Waals surface area (Å²) in [4.78, 5) is 50.2. The Balaban J connectivity index is 1.26. The first-order chi connectivity index (χ1) is 20.4. The van der Waals surface area contributed by atoms with Crippen LogP contribution in [0, 0.1) is 6.92 Å². The van der Waals surface area contributed by atoms with Crippen molar-refractivity contribution in [1.82, 2.24) is 15.5 Å². The van der Waals surface area contributed by atoms with Crippen LogP contribution in [0.15, 0.2) is 88.8 Å². The first kappa shape index (κ1) is 29.3. The van der Waals surface area contributed by atoms with Gasteiger partial charge in [0.15, 0.2) is 5.17 Å². The third-order valence-electron chi connectivity index (χ3n) is 7.33. The van der Waals surface area contributed by atoms with Crippen LogP contribution < -0.4 is 10.6 Å². The van der Waals surface area contributed by atoms with Gasteiger partial charge in [0.2, 0.25) is 11.8 Å². The minimum Gasteiger partial charge on any atom is -0.356 e. The van der Waals surface area contributed by atoms with Crippen LogP contribution in [-0.4, -0.2) is 51.5 Å². The summed E-state index contributed by atoms with van der Waals surface area (Å²) in [6.45, 7) is 4.95. The molecule has 2 aliphatic heterocycles. The smallest absolute Gasteiger partial charge is 0.270 e. The second-order valence-corrected chi connectivity index (χ2v) is 11.6. The van der Waals surface area contributed by atoms with Gasteiger partial charge in [0, 0.05) is 25.1 Å². The molecule has 2 unspecified atom stereocenters. The number of aryl methyl sites for hydroxylation is 1.